The van der Waals surface area contributed by atoms with E-state index in [0.717, 1.165) is 5.56 Å². The molecule has 0 fully saturated rings. The van der Waals surface area contributed by atoms with Gasteiger partial charge in [0.1, 0.15) is 5.69 Å². The van der Waals surface area contributed by atoms with Crippen LogP contribution in [0, 0.1) is 17.0 Å². The first-order valence-electron chi connectivity index (χ1n) is 6.23. The molecule has 0 aliphatic rings. The van der Waals surface area contributed by atoms with Crippen molar-refractivity contribution in [2.75, 3.05) is 0 Å². The standard InChI is InChI=1S/C13H14N4O4S/c1-10-3-6-12(7-4-10)22(20,21)15-14-9-11-5-8-13(16(11)2)17(18)19/h3-9,15H,1-2H3/b14-9+. The smallest absolute Gasteiger partial charge is 0.323 e. The lowest BCUT2D eigenvalue weighted by Crippen LogP contribution is -2.18. The molecular formula is C13H14N4O4S. The summed E-state index contributed by atoms with van der Waals surface area (Å²) in [7, 11) is -2.27. The van der Waals surface area contributed by atoms with Crippen LogP contribution in [0.25, 0.3) is 0 Å². The van der Waals surface area contributed by atoms with Gasteiger partial charge in [0.15, 0.2) is 0 Å². The molecule has 0 aliphatic heterocycles. The first-order chi connectivity index (χ1) is 10.3. The van der Waals surface area contributed by atoms with Gasteiger partial charge in [-0.15, -0.1) is 0 Å². The molecule has 8 nitrogen and oxygen atoms in total. The van der Waals surface area contributed by atoms with Crippen molar-refractivity contribution in [1.29, 1.82) is 0 Å². The van der Waals surface area contributed by atoms with Crippen LogP contribution in [0.3, 0.4) is 0 Å². The molecule has 116 valence electrons. The van der Waals surface area contributed by atoms with Gasteiger partial charge in [0.05, 0.1) is 18.2 Å². The monoisotopic (exact) mass is 322 g/mol. The largest absolute Gasteiger partial charge is 0.358 e. The number of hydrogen-bond donors (Lipinski definition) is 1. The number of hydrogen-bond acceptors (Lipinski definition) is 5. The van der Waals surface area contributed by atoms with Crippen molar-refractivity contribution < 1.29 is 13.3 Å². The Labute approximate surface area is 127 Å². The van der Waals surface area contributed by atoms with Crippen LogP contribution in [-0.2, 0) is 17.1 Å². The van der Waals surface area contributed by atoms with Gasteiger partial charge in [-0.05, 0) is 30.0 Å². The number of benzene rings is 1. The van der Waals surface area contributed by atoms with Gasteiger partial charge in [-0.2, -0.15) is 18.4 Å². The zero-order valence-corrected chi connectivity index (χ0v) is 12.7. The van der Waals surface area contributed by atoms with E-state index >= 15 is 0 Å². The lowest BCUT2D eigenvalue weighted by molar-refractivity contribution is -0.391. The highest BCUT2D eigenvalue weighted by Crippen LogP contribution is 2.13. The van der Waals surface area contributed by atoms with Crippen molar-refractivity contribution in [2.45, 2.75) is 11.8 Å². The highest BCUT2D eigenvalue weighted by molar-refractivity contribution is 7.89. The second-order valence-electron chi connectivity index (χ2n) is 4.60. The number of sulfonamides is 1. The highest BCUT2D eigenvalue weighted by Gasteiger charge is 2.14. The lowest BCUT2D eigenvalue weighted by atomic mass is 10.2. The molecule has 1 N–H and O–H groups in total. The van der Waals surface area contributed by atoms with Gasteiger partial charge in [0.2, 0.25) is 0 Å². The summed E-state index contributed by atoms with van der Waals surface area (Å²) >= 11 is 0. The highest BCUT2D eigenvalue weighted by atomic mass is 32.2. The van der Waals surface area contributed by atoms with Crippen molar-refractivity contribution in [1.82, 2.24) is 9.40 Å². The summed E-state index contributed by atoms with van der Waals surface area (Å²) in [6.07, 6.45) is 1.21. The number of aryl methyl sites for hydroxylation is 1. The maximum absolute atomic E-state index is 12.0. The van der Waals surface area contributed by atoms with Crippen LogP contribution >= 0.6 is 0 Å². The van der Waals surface area contributed by atoms with Crippen LogP contribution < -0.4 is 4.83 Å². The van der Waals surface area contributed by atoms with E-state index in [1.54, 1.807) is 12.1 Å². The molecule has 0 saturated carbocycles. The Balaban J connectivity index is 2.15. The Morgan fingerprint density at radius 2 is 1.86 bits per heavy atom. The first kappa shape index (κ1) is 15.7. The molecule has 0 bridgehead atoms. The van der Waals surface area contributed by atoms with Crippen molar-refractivity contribution in [3.8, 4) is 0 Å². The number of nitrogens with one attached hydrogen (secondary N) is 1. The number of hydrazone groups is 1. The van der Waals surface area contributed by atoms with E-state index < -0.39 is 14.9 Å². The molecule has 1 aromatic carbocycles. The molecule has 2 aromatic rings. The molecule has 22 heavy (non-hydrogen) atoms. The summed E-state index contributed by atoms with van der Waals surface area (Å²) in [5.41, 5.74) is 1.34. The van der Waals surface area contributed by atoms with Gasteiger partial charge in [-0.25, -0.2) is 4.57 Å². The Morgan fingerprint density at radius 1 is 1.23 bits per heavy atom. The summed E-state index contributed by atoms with van der Waals surface area (Å²) in [6, 6.07) is 9.09. The minimum Gasteiger partial charge on any atom is -0.358 e. The third-order valence-corrected chi connectivity index (χ3v) is 4.26. The summed E-state index contributed by atoms with van der Waals surface area (Å²) < 4.78 is 25.3. The minimum absolute atomic E-state index is 0.0908. The van der Waals surface area contributed by atoms with Crippen LogP contribution in [0.4, 0.5) is 5.82 Å². The summed E-state index contributed by atoms with van der Waals surface area (Å²) in [4.78, 5) is 12.3. The Bertz CT molecular complexity index is 822. The van der Waals surface area contributed by atoms with Gasteiger partial charge in [0, 0.05) is 6.07 Å². The van der Waals surface area contributed by atoms with Crippen LogP contribution in [0.2, 0.25) is 0 Å². The Morgan fingerprint density at radius 3 is 2.41 bits per heavy atom. The van der Waals surface area contributed by atoms with Crippen molar-refractivity contribution in [3.05, 3.63) is 57.8 Å². The second-order valence-corrected chi connectivity index (χ2v) is 6.26. The van der Waals surface area contributed by atoms with Crippen LogP contribution in [0.1, 0.15) is 11.3 Å². The molecule has 1 heterocycles. The van der Waals surface area contributed by atoms with Gasteiger partial charge < -0.3 is 10.1 Å². The summed E-state index contributed by atoms with van der Waals surface area (Å²) in [6.45, 7) is 1.85. The van der Waals surface area contributed by atoms with Gasteiger partial charge >= 0.3 is 5.82 Å². The third-order valence-electron chi connectivity index (χ3n) is 3.02. The lowest BCUT2D eigenvalue weighted by Gasteiger charge is -2.03. The molecule has 1 aromatic heterocycles. The van der Waals surface area contributed by atoms with E-state index in [2.05, 4.69) is 9.93 Å². The maximum Gasteiger partial charge on any atom is 0.323 e. The third kappa shape index (κ3) is 3.31. The fraction of sp³-hybridized carbons (Fsp3) is 0.154. The number of rotatable bonds is 5. The summed E-state index contributed by atoms with van der Waals surface area (Å²) in [5, 5.41) is 14.3. The quantitative estimate of drug-likeness (QED) is 0.512. The van der Waals surface area contributed by atoms with E-state index in [0.29, 0.717) is 5.69 Å². The average Bonchev–Trinajstić information content (AvgIpc) is 2.81. The number of aromatic nitrogens is 1. The topological polar surface area (TPSA) is 107 Å². The normalized spacial score (nSPS) is 11.7. The molecule has 0 atom stereocenters. The van der Waals surface area contributed by atoms with E-state index in [4.69, 9.17) is 0 Å². The second kappa shape index (κ2) is 5.98. The SMILES string of the molecule is Cc1ccc(S(=O)(=O)N/N=C/c2ccc([N+](=O)[O-])n2C)cc1. The van der Waals surface area contributed by atoms with E-state index in [9.17, 15) is 18.5 Å². The van der Waals surface area contributed by atoms with Gasteiger partial charge in [0.25, 0.3) is 10.0 Å². The zero-order chi connectivity index (χ0) is 16.3. The molecule has 0 saturated heterocycles. The molecular weight excluding hydrogens is 308 g/mol. The maximum atomic E-state index is 12.0. The van der Waals surface area contributed by atoms with Crippen LogP contribution in [-0.4, -0.2) is 24.1 Å². The average molecular weight is 322 g/mol. The predicted octanol–water partition coefficient (Wildman–Crippen LogP) is 1.55. The van der Waals surface area contributed by atoms with Crippen LogP contribution in [0.5, 0.6) is 0 Å². The molecule has 2 rings (SSSR count). The van der Waals surface area contributed by atoms with Gasteiger partial charge in [-0.1, -0.05) is 17.7 Å². The van der Waals surface area contributed by atoms with Crippen molar-refractivity contribution in [2.24, 2.45) is 12.1 Å². The predicted molar refractivity (Wildman–Crippen MR) is 81.2 cm³/mol. The zero-order valence-electron chi connectivity index (χ0n) is 11.9. The van der Waals surface area contributed by atoms with Gasteiger partial charge in [-0.3, -0.25) is 0 Å². The molecule has 0 unspecified atom stereocenters. The van der Waals surface area contributed by atoms with Crippen molar-refractivity contribution in [3.63, 3.8) is 0 Å². The number of nitrogens with zero attached hydrogens (tertiary/aromatic N) is 3. The molecule has 9 heteroatoms. The molecule has 0 spiro atoms. The van der Waals surface area contributed by atoms with E-state index in [-0.39, 0.29) is 10.7 Å². The molecule has 0 aliphatic carbocycles. The Kier molecular flexibility index (Phi) is 4.27. The van der Waals surface area contributed by atoms with E-state index in [1.165, 1.54) is 42.1 Å². The Hall–Kier alpha value is -2.68. The fourth-order valence-electron chi connectivity index (χ4n) is 1.76. The molecule has 0 radical (unpaired) electrons. The minimum atomic E-state index is -3.76. The first-order valence-corrected chi connectivity index (χ1v) is 7.71. The molecule has 0 amide bonds. The summed E-state index contributed by atoms with van der Waals surface area (Å²) in [5.74, 6) is -0.108. The van der Waals surface area contributed by atoms with Crippen LogP contribution in [0.15, 0.2) is 46.4 Å². The number of nitro groups is 1. The van der Waals surface area contributed by atoms with Crippen molar-refractivity contribution >= 4 is 22.1 Å². The fourth-order valence-corrected chi connectivity index (χ4v) is 2.55. The van der Waals surface area contributed by atoms with E-state index in [1.807, 2.05) is 6.92 Å².